The molecule has 0 radical (unpaired) electrons. The second kappa shape index (κ2) is 12.3. The summed E-state index contributed by atoms with van der Waals surface area (Å²) in [5.41, 5.74) is 3.89. The number of nitrogens with zero attached hydrogens (tertiary/aromatic N) is 2. The van der Waals surface area contributed by atoms with Gasteiger partial charge < -0.3 is 14.8 Å². The van der Waals surface area contributed by atoms with Crippen molar-refractivity contribution in [1.29, 1.82) is 0 Å². The molecular weight excluding hydrogens is 550 g/mol. The third-order valence-electron chi connectivity index (χ3n) is 6.52. The van der Waals surface area contributed by atoms with E-state index in [0.717, 1.165) is 42.5 Å². The smallest absolute Gasteiger partial charge is 0.269 e. The van der Waals surface area contributed by atoms with E-state index in [9.17, 15) is 14.9 Å². The lowest BCUT2D eigenvalue weighted by atomic mass is 9.95. The number of nitrogens with one attached hydrogen (secondary N) is 1. The maximum Gasteiger partial charge on any atom is 0.269 e. The van der Waals surface area contributed by atoms with Crippen molar-refractivity contribution >= 4 is 51.4 Å². The van der Waals surface area contributed by atoms with Crippen molar-refractivity contribution in [1.82, 2.24) is 0 Å². The van der Waals surface area contributed by atoms with Crippen molar-refractivity contribution in [3.63, 3.8) is 0 Å². The van der Waals surface area contributed by atoms with Crippen LogP contribution in [0.3, 0.4) is 0 Å². The number of carbonyl (C=O) groups is 1. The third-order valence-corrected chi connectivity index (χ3v) is 8.00. The van der Waals surface area contributed by atoms with Gasteiger partial charge in [-0.25, -0.2) is 4.99 Å². The van der Waals surface area contributed by atoms with E-state index in [1.165, 1.54) is 24.1 Å². The summed E-state index contributed by atoms with van der Waals surface area (Å²) < 4.78 is 11.4. The number of hydrogen-bond donors (Lipinski definition) is 1. The van der Waals surface area contributed by atoms with E-state index in [4.69, 9.17) is 26.1 Å². The molecule has 0 bridgehead atoms. The van der Waals surface area contributed by atoms with Gasteiger partial charge in [-0.15, -0.1) is 11.3 Å². The second-order valence-corrected chi connectivity index (χ2v) is 10.7. The zero-order chi connectivity index (χ0) is 28.1. The number of anilines is 1. The fourth-order valence-electron chi connectivity index (χ4n) is 4.55. The zero-order valence-electron chi connectivity index (χ0n) is 21.7. The van der Waals surface area contributed by atoms with Gasteiger partial charge in [0.15, 0.2) is 11.5 Å². The third kappa shape index (κ3) is 6.16. The van der Waals surface area contributed by atoms with Crippen molar-refractivity contribution in [2.45, 2.75) is 32.3 Å². The van der Waals surface area contributed by atoms with Gasteiger partial charge in [0.05, 0.1) is 22.6 Å². The van der Waals surface area contributed by atoms with Crippen LogP contribution in [0.2, 0.25) is 5.02 Å². The molecule has 10 heteroatoms. The highest BCUT2D eigenvalue weighted by molar-refractivity contribution is 7.16. The van der Waals surface area contributed by atoms with Gasteiger partial charge in [-0.05, 0) is 78.8 Å². The molecule has 1 aromatic heterocycles. The monoisotopic (exact) mass is 575 g/mol. The Morgan fingerprint density at radius 2 is 1.88 bits per heavy atom. The molecule has 1 heterocycles. The van der Waals surface area contributed by atoms with Crippen LogP contribution in [-0.2, 0) is 19.4 Å². The van der Waals surface area contributed by atoms with Gasteiger partial charge in [0, 0.05) is 28.9 Å². The Labute approximate surface area is 240 Å². The van der Waals surface area contributed by atoms with Crippen molar-refractivity contribution < 1.29 is 19.2 Å². The van der Waals surface area contributed by atoms with Crippen molar-refractivity contribution in [3.8, 4) is 11.5 Å². The first kappa shape index (κ1) is 27.4. The molecule has 8 nitrogen and oxygen atoms in total. The molecule has 0 saturated heterocycles. The zero-order valence-corrected chi connectivity index (χ0v) is 23.3. The molecule has 0 atom stereocenters. The van der Waals surface area contributed by atoms with E-state index in [-0.39, 0.29) is 18.2 Å². The minimum atomic E-state index is -0.450. The molecule has 1 aliphatic carbocycles. The second-order valence-electron chi connectivity index (χ2n) is 9.22. The van der Waals surface area contributed by atoms with E-state index in [1.807, 2.05) is 30.3 Å². The topological polar surface area (TPSA) is 103 Å². The fourth-order valence-corrected chi connectivity index (χ4v) is 6.05. The van der Waals surface area contributed by atoms with Crippen LogP contribution in [0.5, 0.6) is 11.5 Å². The summed E-state index contributed by atoms with van der Waals surface area (Å²) in [6, 6.07) is 19.0. The molecule has 0 fully saturated rings. The number of benzene rings is 3. The van der Waals surface area contributed by atoms with Crippen LogP contribution in [0.1, 0.15) is 44.8 Å². The van der Waals surface area contributed by atoms with Crippen LogP contribution >= 0.6 is 22.9 Å². The highest BCUT2D eigenvalue weighted by atomic mass is 35.5. The highest BCUT2D eigenvalue weighted by Crippen LogP contribution is 2.41. The Kier molecular flexibility index (Phi) is 8.42. The SMILES string of the molecule is COc1cc(C=Nc2sc3c(c2C(=O)Nc2ccccc2)CCCC3)cc(Cl)c1OCc1ccc([N+](=O)[O-])cc1. The number of thiophene rings is 1. The molecule has 4 aromatic rings. The molecule has 1 N–H and O–H groups in total. The van der Waals surface area contributed by atoms with Crippen LogP contribution in [-0.4, -0.2) is 24.2 Å². The summed E-state index contributed by atoms with van der Waals surface area (Å²) >= 11 is 8.12. The van der Waals surface area contributed by atoms with E-state index < -0.39 is 4.92 Å². The Morgan fingerprint density at radius 1 is 1.12 bits per heavy atom. The molecule has 1 amide bonds. The minimum Gasteiger partial charge on any atom is -0.493 e. The number of non-ortho nitro benzene ring substituents is 1. The summed E-state index contributed by atoms with van der Waals surface area (Å²) in [4.78, 5) is 29.7. The standard InChI is InChI=1S/C30H26ClN3O5S/c1-38-25-16-20(15-24(31)28(25)39-18-19-11-13-22(14-12-19)34(36)37)17-32-30-27(23-9-5-6-10-26(23)40-30)29(35)33-21-7-3-2-4-8-21/h2-4,7-8,11-17H,5-6,9-10,18H2,1H3,(H,33,35). The maximum absolute atomic E-state index is 13.4. The lowest BCUT2D eigenvalue weighted by Crippen LogP contribution is -2.14. The van der Waals surface area contributed by atoms with Crippen LogP contribution in [0.15, 0.2) is 71.7 Å². The first-order valence-corrected chi connectivity index (χ1v) is 13.9. The van der Waals surface area contributed by atoms with Crippen molar-refractivity contribution in [2.75, 3.05) is 12.4 Å². The number of amides is 1. The predicted molar refractivity (Wildman–Crippen MR) is 158 cm³/mol. The summed E-state index contributed by atoms with van der Waals surface area (Å²) in [6.07, 6.45) is 5.63. The Bertz CT molecular complexity index is 1570. The van der Waals surface area contributed by atoms with Crippen LogP contribution < -0.4 is 14.8 Å². The molecule has 5 rings (SSSR count). The highest BCUT2D eigenvalue weighted by Gasteiger charge is 2.25. The molecule has 3 aromatic carbocycles. The van der Waals surface area contributed by atoms with Gasteiger partial charge in [0.25, 0.3) is 11.6 Å². The number of ether oxygens (including phenoxy) is 2. The average molecular weight is 576 g/mol. The number of aryl methyl sites for hydroxylation is 1. The molecule has 204 valence electrons. The van der Waals surface area contributed by atoms with Gasteiger partial charge in [-0.2, -0.15) is 0 Å². The number of methoxy groups -OCH3 is 1. The van der Waals surface area contributed by atoms with Crippen molar-refractivity contribution in [2.24, 2.45) is 4.99 Å². The van der Waals surface area contributed by atoms with Gasteiger partial charge in [0.1, 0.15) is 11.6 Å². The molecule has 40 heavy (non-hydrogen) atoms. The lowest BCUT2D eigenvalue weighted by molar-refractivity contribution is -0.384. The molecular formula is C30H26ClN3O5S. The predicted octanol–water partition coefficient (Wildman–Crippen LogP) is 7.78. The number of fused-ring (bicyclic) bond motifs is 1. The maximum atomic E-state index is 13.4. The number of rotatable bonds is 9. The van der Waals surface area contributed by atoms with Crippen LogP contribution in [0, 0.1) is 10.1 Å². The summed E-state index contributed by atoms with van der Waals surface area (Å²) in [5.74, 6) is 0.612. The number of nitro groups is 1. The Morgan fingerprint density at radius 3 is 2.60 bits per heavy atom. The van der Waals surface area contributed by atoms with Gasteiger partial charge in [-0.3, -0.25) is 14.9 Å². The van der Waals surface area contributed by atoms with Gasteiger partial charge >= 0.3 is 0 Å². The van der Waals surface area contributed by atoms with Gasteiger partial charge in [0.2, 0.25) is 0 Å². The molecule has 0 spiro atoms. The lowest BCUT2D eigenvalue weighted by Gasteiger charge is -2.13. The quantitative estimate of drug-likeness (QED) is 0.125. The first-order chi connectivity index (χ1) is 19.4. The first-order valence-electron chi connectivity index (χ1n) is 12.7. The fraction of sp³-hybridized carbons (Fsp3) is 0.200. The largest absolute Gasteiger partial charge is 0.493 e. The normalized spacial score (nSPS) is 12.7. The van der Waals surface area contributed by atoms with Crippen LogP contribution in [0.25, 0.3) is 0 Å². The Hall–Kier alpha value is -4.21. The van der Waals surface area contributed by atoms with Crippen LogP contribution in [0.4, 0.5) is 16.4 Å². The average Bonchev–Trinajstić information content (AvgIpc) is 3.34. The van der Waals surface area contributed by atoms with Crippen molar-refractivity contribution in [3.05, 3.63) is 109 Å². The number of para-hydroxylation sites is 1. The number of hydrogen-bond acceptors (Lipinski definition) is 7. The van der Waals surface area contributed by atoms with E-state index >= 15 is 0 Å². The van der Waals surface area contributed by atoms with Gasteiger partial charge in [-0.1, -0.05) is 29.8 Å². The summed E-state index contributed by atoms with van der Waals surface area (Å²) in [7, 11) is 1.52. The molecule has 0 saturated carbocycles. The molecule has 1 aliphatic rings. The number of aliphatic imine (C=N–C) groups is 1. The van der Waals surface area contributed by atoms with E-state index in [1.54, 1.807) is 41.8 Å². The summed E-state index contributed by atoms with van der Waals surface area (Å²) in [5, 5.41) is 14.9. The molecule has 0 unspecified atom stereocenters. The summed E-state index contributed by atoms with van der Waals surface area (Å²) in [6.45, 7) is 0.155. The minimum absolute atomic E-state index is 0.00954. The Balaban J connectivity index is 1.38. The van der Waals surface area contributed by atoms with E-state index in [0.29, 0.717) is 32.6 Å². The van der Waals surface area contributed by atoms with E-state index in [2.05, 4.69) is 5.32 Å². The number of carbonyl (C=O) groups excluding carboxylic acids is 1. The number of nitro benzene ring substituents is 1. The molecule has 0 aliphatic heterocycles. The number of halogens is 1.